The lowest BCUT2D eigenvalue weighted by molar-refractivity contribution is 0.215. The molecule has 1 N–H and O–H groups in total. The summed E-state index contributed by atoms with van der Waals surface area (Å²) in [7, 11) is 1.60. The number of rotatable bonds is 4. The third-order valence-corrected chi connectivity index (χ3v) is 3.45. The van der Waals surface area contributed by atoms with Crippen molar-refractivity contribution in [2.45, 2.75) is 6.10 Å². The van der Waals surface area contributed by atoms with Crippen molar-refractivity contribution in [2.24, 2.45) is 0 Å². The number of hydrogen-bond acceptors (Lipinski definition) is 3. The normalized spacial score (nSPS) is 12.1. The summed E-state index contributed by atoms with van der Waals surface area (Å²) in [5, 5.41) is 10.6. The summed E-state index contributed by atoms with van der Waals surface area (Å²) >= 11 is 0. The Balaban J connectivity index is 2.05. The van der Waals surface area contributed by atoms with Crippen molar-refractivity contribution in [1.82, 2.24) is 0 Å². The van der Waals surface area contributed by atoms with Crippen LogP contribution >= 0.6 is 0 Å². The van der Waals surface area contributed by atoms with Gasteiger partial charge in [0.2, 0.25) is 0 Å². The van der Waals surface area contributed by atoms with Crippen LogP contribution in [0.5, 0.6) is 5.75 Å². The zero-order valence-corrected chi connectivity index (χ0v) is 11.7. The number of benzene rings is 2. The first kappa shape index (κ1) is 13.5. The molecule has 21 heavy (non-hydrogen) atoms. The van der Waals surface area contributed by atoms with E-state index in [-0.39, 0.29) is 0 Å². The van der Waals surface area contributed by atoms with Crippen LogP contribution in [0.1, 0.15) is 17.2 Å². The number of ether oxygens (including phenoxy) is 1. The highest BCUT2D eigenvalue weighted by Gasteiger charge is 2.17. The van der Waals surface area contributed by atoms with Gasteiger partial charge in [0.1, 0.15) is 17.6 Å². The molecule has 3 aromatic rings. The monoisotopic (exact) mass is 280 g/mol. The lowest BCUT2D eigenvalue weighted by Crippen LogP contribution is -2.02. The molecule has 0 fully saturated rings. The lowest BCUT2D eigenvalue weighted by Gasteiger charge is -2.16. The van der Waals surface area contributed by atoms with Crippen LogP contribution in [0.25, 0.3) is 11.3 Å². The fourth-order valence-electron chi connectivity index (χ4n) is 2.36. The molecular weight excluding hydrogens is 264 g/mol. The van der Waals surface area contributed by atoms with Crippen LogP contribution in [0.3, 0.4) is 0 Å². The van der Waals surface area contributed by atoms with E-state index in [4.69, 9.17) is 9.15 Å². The Morgan fingerprint density at radius 2 is 1.81 bits per heavy atom. The zero-order chi connectivity index (χ0) is 14.7. The summed E-state index contributed by atoms with van der Waals surface area (Å²) in [5.41, 5.74) is 2.45. The summed E-state index contributed by atoms with van der Waals surface area (Å²) in [6.07, 6.45) is 0.892. The second-order valence-electron chi connectivity index (χ2n) is 4.75. The van der Waals surface area contributed by atoms with E-state index in [2.05, 4.69) is 0 Å². The molecule has 0 saturated carbocycles. The fraction of sp³-hybridized carbons (Fsp3) is 0.111. The molecule has 0 aliphatic carbocycles. The standard InChI is InChI=1S/C18H16O3/c1-20-17-10-9-14(16-8-5-11-21-16)12-15(17)18(19)13-6-3-2-4-7-13/h2-12,18-19H,1H3. The van der Waals surface area contributed by atoms with Crippen LogP contribution in [0.4, 0.5) is 0 Å². The lowest BCUT2D eigenvalue weighted by atomic mass is 9.98. The third-order valence-electron chi connectivity index (χ3n) is 3.45. The summed E-state index contributed by atoms with van der Waals surface area (Å²) in [5.74, 6) is 1.42. The van der Waals surface area contributed by atoms with Crippen LogP contribution in [-0.2, 0) is 0 Å². The number of hydrogen-bond donors (Lipinski definition) is 1. The molecule has 0 aliphatic rings. The van der Waals surface area contributed by atoms with Gasteiger partial charge in [-0.1, -0.05) is 30.3 Å². The van der Waals surface area contributed by atoms with Crippen molar-refractivity contribution in [2.75, 3.05) is 7.11 Å². The van der Waals surface area contributed by atoms with Crippen LogP contribution in [0.2, 0.25) is 0 Å². The number of aliphatic hydroxyl groups is 1. The molecule has 1 heterocycles. The van der Waals surface area contributed by atoms with Crippen LogP contribution in [0.15, 0.2) is 71.3 Å². The third kappa shape index (κ3) is 2.69. The molecule has 3 nitrogen and oxygen atoms in total. The molecule has 106 valence electrons. The molecule has 1 aromatic heterocycles. The van der Waals surface area contributed by atoms with Gasteiger partial charge >= 0.3 is 0 Å². The smallest absolute Gasteiger partial charge is 0.133 e. The van der Waals surface area contributed by atoms with Crippen molar-refractivity contribution in [3.8, 4) is 17.1 Å². The highest BCUT2D eigenvalue weighted by Crippen LogP contribution is 2.33. The summed E-state index contributed by atoms with van der Waals surface area (Å²) < 4.78 is 10.8. The molecular formula is C18H16O3. The van der Waals surface area contributed by atoms with Gasteiger partial charge in [-0.25, -0.2) is 0 Å². The molecule has 0 spiro atoms. The first-order valence-electron chi connectivity index (χ1n) is 6.74. The molecule has 2 aromatic carbocycles. The summed E-state index contributed by atoms with van der Waals surface area (Å²) in [4.78, 5) is 0. The van der Waals surface area contributed by atoms with Crippen molar-refractivity contribution in [3.63, 3.8) is 0 Å². The first-order chi connectivity index (χ1) is 10.3. The minimum Gasteiger partial charge on any atom is -0.496 e. The van der Waals surface area contributed by atoms with Crippen molar-refractivity contribution in [3.05, 3.63) is 78.1 Å². The summed E-state index contributed by atoms with van der Waals surface area (Å²) in [6, 6.07) is 18.9. The molecule has 1 unspecified atom stereocenters. The van der Waals surface area contributed by atoms with Crippen molar-refractivity contribution >= 4 is 0 Å². The zero-order valence-electron chi connectivity index (χ0n) is 11.7. The molecule has 3 heteroatoms. The Labute approximate surface area is 123 Å². The Kier molecular flexibility index (Phi) is 3.75. The van der Waals surface area contributed by atoms with E-state index >= 15 is 0 Å². The number of furan rings is 1. The Hall–Kier alpha value is -2.52. The van der Waals surface area contributed by atoms with E-state index in [0.717, 1.165) is 22.5 Å². The SMILES string of the molecule is COc1ccc(-c2ccco2)cc1C(O)c1ccccc1. The van der Waals surface area contributed by atoms with Gasteiger partial charge in [-0.15, -0.1) is 0 Å². The highest BCUT2D eigenvalue weighted by atomic mass is 16.5. The van der Waals surface area contributed by atoms with Crippen molar-refractivity contribution < 1.29 is 14.3 Å². The van der Waals surface area contributed by atoms with Gasteiger partial charge in [-0.3, -0.25) is 0 Å². The van der Waals surface area contributed by atoms with Gasteiger partial charge in [0.05, 0.1) is 13.4 Å². The molecule has 3 rings (SSSR count). The van der Waals surface area contributed by atoms with E-state index in [0.29, 0.717) is 5.75 Å². The van der Waals surface area contributed by atoms with E-state index < -0.39 is 6.10 Å². The van der Waals surface area contributed by atoms with Gasteiger partial charge in [-0.2, -0.15) is 0 Å². The molecule has 0 saturated heterocycles. The predicted molar refractivity (Wildman–Crippen MR) is 81.2 cm³/mol. The Morgan fingerprint density at radius 1 is 1.00 bits per heavy atom. The molecule has 0 aliphatic heterocycles. The largest absolute Gasteiger partial charge is 0.496 e. The Bertz CT molecular complexity index is 703. The molecule has 1 atom stereocenters. The highest BCUT2D eigenvalue weighted by molar-refractivity contribution is 5.61. The molecule has 0 bridgehead atoms. The Morgan fingerprint density at radius 3 is 2.48 bits per heavy atom. The van der Waals surface area contributed by atoms with Gasteiger partial charge < -0.3 is 14.3 Å². The number of aliphatic hydroxyl groups excluding tert-OH is 1. The number of methoxy groups -OCH3 is 1. The minimum absolute atomic E-state index is 0.654. The van der Waals surface area contributed by atoms with Crippen molar-refractivity contribution in [1.29, 1.82) is 0 Å². The van der Waals surface area contributed by atoms with Gasteiger partial charge in [-0.05, 0) is 35.9 Å². The molecule has 0 amide bonds. The minimum atomic E-state index is -0.740. The average Bonchev–Trinajstić information content (AvgIpc) is 3.09. The van der Waals surface area contributed by atoms with Gasteiger partial charge in [0.15, 0.2) is 0 Å². The van der Waals surface area contributed by atoms with E-state index in [1.807, 2.05) is 60.7 Å². The average molecular weight is 280 g/mol. The molecule has 0 radical (unpaired) electrons. The van der Waals surface area contributed by atoms with E-state index in [1.165, 1.54) is 0 Å². The topological polar surface area (TPSA) is 42.6 Å². The van der Waals surface area contributed by atoms with Crippen LogP contribution in [-0.4, -0.2) is 12.2 Å². The fourth-order valence-corrected chi connectivity index (χ4v) is 2.36. The van der Waals surface area contributed by atoms with Gasteiger partial charge in [0, 0.05) is 11.1 Å². The second-order valence-corrected chi connectivity index (χ2v) is 4.75. The maximum atomic E-state index is 10.6. The predicted octanol–water partition coefficient (Wildman–Crippen LogP) is 4.04. The van der Waals surface area contributed by atoms with E-state index in [1.54, 1.807) is 13.4 Å². The maximum Gasteiger partial charge on any atom is 0.133 e. The first-order valence-corrected chi connectivity index (χ1v) is 6.74. The van der Waals surface area contributed by atoms with Crippen LogP contribution < -0.4 is 4.74 Å². The van der Waals surface area contributed by atoms with E-state index in [9.17, 15) is 5.11 Å². The second kappa shape index (κ2) is 5.85. The van der Waals surface area contributed by atoms with Crippen LogP contribution in [0, 0.1) is 0 Å². The quantitative estimate of drug-likeness (QED) is 0.784. The summed E-state index contributed by atoms with van der Waals surface area (Å²) in [6.45, 7) is 0. The van der Waals surface area contributed by atoms with Gasteiger partial charge in [0.25, 0.3) is 0 Å². The maximum absolute atomic E-state index is 10.6.